The van der Waals surface area contributed by atoms with Crippen molar-refractivity contribution in [2.45, 2.75) is 26.3 Å². The van der Waals surface area contributed by atoms with Crippen molar-refractivity contribution in [2.24, 2.45) is 0 Å². The highest BCUT2D eigenvalue weighted by molar-refractivity contribution is 5.84. The first kappa shape index (κ1) is 15.3. The van der Waals surface area contributed by atoms with Crippen LogP contribution in [0.1, 0.15) is 24.1 Å². The van der Waals surface area contributed by atoms with Gasteiger partial charge in [-0.05, 0) is 35.9 Å². The zero-order valence-electron chi connectivity index (χ0n) is 13.6. The van der Waals surface area contributed by atoms with Crippen LogP contribution in [0, 0.1) is 6.92 Å². The average Bonchev–Trinajstić information content (AvgIpc) is 2.89. The summed E-state index contributed by atoms with van der Waals surface area (Å²) in [6.07, 6.45) is 0. The Balaban J connectivity index is 1.64. The van der Waals surface area contributed by atoms with E-state index in [1.807, 2.05) is 37.3 Å². The third-order valence-corrected chi connectivity index (χ3v) is 4.29. The van der Waals surface area contributed by atoms with Crippen LogP contribution in [0.5, 0.6) is 0 Å². The molecule has 1 heterocycles. The molecule has 0 aliphatic rings. The van der Waals surface area contributed by atoms with Crippen LogP contribution in [0.4, 0.5) is 0 Å². The first-order valence-corrected chi connectivity index (χ1v) is 8.01. The van der Waals surface area contributed by atoms with Gasteiger partial charge in [0, 0.05) is 17.8 Å². The number of fused-ring (bicyclic) bond motifs is 1. The molecule has 1 atom stereocenters. The van der Waals surface area contributed by atoms with E-state index in [0.29, 0.717) is 19.0 Å². The molecule has 0 aliphatic carbocycles. The second-order valence-corrected chi connectivity index (χ2v) is 6.05. The van der Waals surface area contributed by atoms with Crippen molar-refractivity contribution in [1.29, 1.82) is 0 Å². The minimum atomic E-state index is 0.0530. The van der Waals surface area contributed by atoms with E-state index in [1.54, 1.807) is 0 Å². The van der Waals surface area contributed by atoms with Gasteiger partial charge in [-0.3, -0.25) is 4.79 Å². The lowest BCUT2D eigenvalue weighted by molar-refractivity contribution is -0.121. The van der Waals surface area contributed by atoms with Gasteiger partial charge in [0.2, 0.25) is 5.91 Å². The summed E-state index contributed by atoms with van der Waals surface area (Å²) in [5.41, 5.74) is 3.46. The standard InChI is InChI=1S/C20H22N2O/c1-15(17-8-4-3-5-9-17)13-21-20(23)14-22-16(2)12-18-10-6-7-11-19(18)22/h3-12,15H,13-14H2,1-2H3,(H,21,23). The fourth-order valence-corrected chi connectivity index (χ4v) is 2.92. The number of amides is 1. The normalized spacial score (nSPS) is 12.3. The minimum Gasteiger partial charge on any atom is -0.354 e. The molecule has 0 aliphatic heterocycles. The third kappa shape index (κ3) is 3.45. The molecule has 3 heteroatoms. The molecule has 3 nitrogen and oxygen atoms in total. The van der Waals surface area contributed by atoms with Crippen molar-refractivity contribution >= 4 is 16.8 Å². The number of nitrogens with zero attached hydrogens (tertiary/aromatic N) is 1. The summed E-state index contributed by atoms with van der Waals surface area (Å²) in [6.45, 7) is 5.19. The highest BCUT2D eigenvalue weighted by Gasteiger charge is 2.11. The van der Waals surface area contributed by atoms with E-state index in [9.17, 15) is 4.79 Å². The topological polar surface area (TPSA) is 34.0 Å². The van der Waals surface area contributed by atoms with Gasteiger partial charge in [-0.1, -0.05) is 55.5 Å². The van der Waals surface area contributed by atoms with Gasteiger partial charge in [0.05, 0.1) is 0 Å². The second-order valence-electron chi connectivity index (χ2n) is 6.05. The molecule has 1 aromatic heterocycles. The molecule has 0 fully saturated rings. The van der Waals surface area contributed by atoms with Crippen LogP contribution in [0.15, 0.2) is 60.7 Å². The average molecular weight is 306 g/mol. The number of hydrogen-bond donors (Lipinski definition) is 1. The van der Waals surface area contributed by atoms with Crippen LogP contribution >= 0.6 is 0 Å². The highest BCUT2D eigenvalue weighted by Crippen LogP contribution is 2.19. The number of nitrogens with one attached hydrogen (secondary N) is 1. The van der Waals surface area contributed by atoms with E-state index >= 15 is 0 Å². The van der Waals surface area contributed by atoms with E-state index < -0.39 is 0 Å². The van der Waals surface area contributed by atoms with Gasteiger partial charge in [-0.15, -0.1) is 0 Å². The van der Waals surface area contributed by atoms with Crippen LogP contribution in [0.2, 0.25) is 0 Å². The lowest BCUT2D eigenvalue weighted by Gasteiger charge is -2.14. The molecule has 0 radical (unpaired) electrons. The van der Waals surface area contributed by atoms with E-state index in [4.69, 9.17) is 0 Å². The smallest absolute Gasteiger partial charge is 0.239 e. The van der Waals surface area contributed by atoms with Crippen LogP contribution in [-0.2, 0) is 11.3 Å². The van der Waals surface area contributed by atoms with Gasteiger partial charge in [0.15, 0.2) is 0 Å². The summed E-state index contributed by atoms with van der Waals surface area (Å²) in [5.74, 6) is 0.361. The van der Waals surface area contributed by atoms with Gasteiger partial charge >= 0.3 is 0 Å². The van der Waals surface area contributed by atoms with Gasteiger partial charge < -0.3 is 9.88 Å². The van der Waals surface area contributed by atoms with E-state index in [0.717, 1.165) is 11.2 Å². The lowest BCUT2D eigenvalue weighted by Crippen LogP contribution is -2.30. The molecule has 2 aromatic carbocycles. The Labute approximate surface area is 136 Å². The molecule has 118 valence electrons. The maximum absolute atomic E-state index is 12.3. The van der Waals surface area contributed by atoms with Crippen LogP contribution in [0.25, 0.3) is 10.9 Å². The Morgan fingerprint density at radius 2 is 1.78 bits per heavy atom. The zero-order valence-corrected chi connectivity index (χ0v) is 13.6. The monoisotopic (exact) mass is 306 g/mol. The number of carbonyl (C=O) groups excluding carboxylic acids is 1. The molecule has 0 saturated heterocycles. The predicted molar refractivity (Wildman–Crippen MR) is 94.5 cm³/mol. The summed E-state index contributed by atoms with van der Waals surface area (Å²) in [6, 6.07) is 20.6. The summed E-state index contributed by atoms with van der Waals surface area (Å²) in [4.78, 5) is 12.3. The molecule has 3 rings (SSSR count). The summed E-state index contributed by atoms with van der Waals surface area (Å²) >= 11 is 0. The maximum Gasteiger partial charge on any atom is 0.239 e. The molecule has 0 bridgehead atoms. The van der Waals surface area contributed by atoms with Crippen LogP contribution in [0.3, 0.4) is 0 Å². The molecule has 23 heavy (non-hydrogen) atoms. The van der Waals surface area contributed by atoms with Gasteiger partial charge in [-0.2, -0.15) is 0 Å². The second kappa shape index (κ2) is 6.69. The summed E-state index contributed by atoms with van der Waals surface area (Å²) in [5, 5.41) is 4.23. The quantitative estimate of drug-likeness (QED) is 0.763. The summed E-state index contributed by atoms with van der Waals surface area (Å²) < 4.78 is 2.07. The SMILES string of the molecule is Cc1cc2ccccc2n1CC(=O)NCC(C)c1ccccc1. The minimum absolute atomic E-state index is 0.0530. The molecule has 1 amide bonds. The van der Waals surface area contributed by atoms with Crippen molar-refractivity contribution in [2.75, 3.05) is 6.54 Å². The molecule has 1 unspecified atom stereocenters. The molecule has 0 spiro atoms. The summed E-state index contributed by atoms with van der Waals surface area (Å²) in [7, 11) is 0. The number of aryl methyl sites for hydroxylation is 1. The fourth-order valence-electron chi connectivity index (χ4n) is 2.92. The van der Waals surface area contributed by atoms with Crippen molar-refractivity contribution in [3.8, 4) is 0 Å². The first-order chi connectivity index (χ1) is 11.1. The number of hydrogen-bond acceptors (Lipinski definition) is 1. The molecule has 0 saturated carbocycles. The van der Waals surface area contributed by atoms with Gasteiger partial charge in [-0.25, -0.2) is 0 Å². The fraction of sp³-hybridized carbons (Fsp3) is 0.250. The Hall–Kier alpha value is -2.55. The molecule has 3 aromatic rings. The van der Waals surface area contributed by atoms with Crippen LogP contribution in [-0.4, -0.2) is 17.0 Å². The Bertz CT molecular complexity index is 805. The Kier molecular flexibility index (Phi) is 4.47. The zero-order chi connectivity index (χ0) is 16.2. The predicted octanol–water partition coefficient (Wildman–Crippen LogP) is 3.87. The Morgan fingerprint density at radius 3 is 2.57 bits per heavy atom. The van der Waals surface area contributed by atoms with E-state index in [2.05, 4.69) is 47.1 Å². The highest BCUT2D eigenvalue weighted by atomic mass is 16.1. The van der Waals surface area contributed by atoms with Gasteiger partial charge in [0.25, 0.3) is 0 Å². The molecular formula is C20H22N2O. The molecular weight excluding hydrogens is 284 g/mol. The van der Waals surface area contributed by atoms with E-state index in [1.165, 1.54) is 10.9 Å². The van der Waals surface area contributed by atoms with E-state index in [-0.39, 0.29) is 5.91 Å². The van der Waals surface area contributed by atoms with Crippen molar-refractivity contribution in [3.05, 3.63) is 71.9 Å². The lowest BCUT2D eigenvalue weighted by atomic mass is 10.0. The molecule has 1 N–H and O–H groups in total. The van der Waals surface area contributed by atoms with Crippen molar-refractivity contribution in [1.82, 2.24) is 9.88 Å². The van der Waals surface area contributed by atoms with Crippen LogP contribution < -0.4 is 5.32 Å². The number of para-hydroxylation sites is 1. The Morgan fingerprint density at radius 1 is 1.09 bits per heavy atom. The van der Waals surface area contributed by atoms with Gasteiger partial charge in [0.1, 0.15) is 6.54 Å². The first-order valence-electron chi connectivity index (χ1n) is 8.01. The number of carbonyl (C=O) groups is 1. The number of aromatic nitrogens is 1. The maximum atomic E-state index is 12.3. The third-order valence-electron chi connectivity index (χ3n) is 4.29. The number of rotatable bonds is 5. The van der Waals surface area contributed by atoms with Crippen molar-refractivity contribution < 1.29 is 4.79 Å². The largest absolute Gasteiger partial charge is 0.354 e. The number of benzene rings is 2. The van der Waals surface area contributed by atoms with Crippen molar-refractivity contribution in [3.63, 3.8) is 0 Å².